The Morgan fingerprint density at radius 2 is 2.00 bits per heavy atom. The van der Waals surface area contributed by atoms with Crippen molar-refractivity contribution in [2.45, 2.75) is 0 Å². The summed E-state index contributed by atoms with van der Waals surface area (Å²) in [4.78, 5) is 10.6. The lowest BCUT2D eigenvalue weighted by molar-refractivity contribution is -0.136. The van der Waals surface area contributed by atoms with Crippen molar-refractivity contribution < 1.29 is 19.4 Å². The molecule has 0 saturated carbocycles. The zero-order valence-corrected chi connectivity index (χ0v) is 6.12. The van der Waals surface area contributed by atoms with Crippen LogP contribution in [-0.4, -0.2) is 25.3 Å². The van der Waals surface area contributed by atoms with E-state index in [-0.39, 0.29) is 0 Å². The number of nitriles is 1. The van der Waals surface area contributed by atoms with Crippen LogP contribution in [0.2, 0.25) is 0 Å². The Balaban J connectivity index is 4.69. The quantitative estimate of drug-likeness (QED) is 0.266. The van der Waals surface area contributed by atoms with Gasteiger partial charge in [-0.3, -0.25) is 0 Å². The number of carbonyl (C=O) groups is 1. The maximum atomic E-state index is 10.6. The van der Waals surface area contributed by atoms with E-state index in [2.05, 4.69) is 9.47 Å². The van der Waals surface area contributed by atoms with Crippen LogP contribution in [0.3, 0.4) is 0 Å². The van der Waals surface area contributed by atoms with Crippen molar-refractivity contribution >= 4 is 5.97 Å². The number of methoxy groups -OCH3 is 2. The Bertz CT molecular complexity index is 225. The molecule has 0 rings (SSSR count). The molecule has 0 aliphatic carbocycles. The maximum absolute atomic E-state index is 10.6. The first kappa shape index (κ1) is 9.30. The van der Waals surface area contributed by atoms with E-state index in [1.165, 1.54) is 6.07 Å². The number of aliphatic hydroxyl groups is 1. The molecule has 0 aliphatic heterocycles. The van der Waals surface area contributed by atoms with E-state index in [1.54, 1.807) is 0 Å². The Kier molecular flexibility index (Phi) is 3.52. The van der Waals surface area contributed by atoms with Crippen LogP contribution in [0.25, 0.3) is 0 Å². The van der Waals surface area contributed by atoms with Crippen LogP contribution in [0.5, 0.6) is 0 Å². The van der Waals surface area contributed by atoms with E-state index in [0.29, 0.717) is 0 Å². The summed E-state index contributed by atoms with van der Waals surface area (Å²) < 4.78 is 8.40. The number of esters is 1. The minimum Gasteiger partial charge on any atom is -0.480 e. The molecular formula is C6H7NO4. The van der Waals surface area contributed by atoms with Gasteiger partial charge in [0.15, 0.2) is 0 Å². The number of rotatable bonds is 2. The number of nitrogens with zero attached hydrogens (tertiary/aromatic N) is 1. The molecule has 0 bridgehead atoms. The van der Waals surface area contributed by atoms with E-state index >= 15 is 0 Å². The second kappa shape index (κ2) is 4.17. The van der Waals surface area contributed by atoms with Crippen LogP contribution in [0.4, 0.5) is 0 Å². The summed E-state index contributed by atoms with van der Waals surface area (Å²) in [6.45, 7) is 0. The molecule has 0 aliphatic rings. The summed E-state index contributed by atoms with van der Waals surface area (Å²) >= 11 is 0. The maximum Gasteiger partial charge on any atom is 0.356 e. The third-order valence-corrected chi connectivity index (χ3v) is 0.909. The molecule has 0 fully saturated rings. The highest BCUT2D eigenvalue weighted by Gasteiger charge is 2.15. The van der Waals surface area contributed by atoms with Gasteiger partial charge < -0.3 is 14.6 Å². The summed E-state index contributed by atoms with van der Waals surface area (Å²) in [6, 6.07) is 1.43. The van der Waals surface area contributed by atoms with Crippen molar-refractivity contribution in [2.75, 3.05) is 14.2 Å². The molecule has 5 nitrogen and oxygen atoms in total. The van der Waals surface area contributed by atoms with E-state index in [4.69, 9.17) is 10.4 Å². The van der Waals surface area contributed by atoms with Gasteiger partial charge in [0, 0.05) is 0 Å². The molecule has 0 saturated heterocycles. The highest BCUT2D eigenvalue weighted by molar-refractivity contribution is 5.92. The number of carbonyl (C=O) groups excluding carboxylic acids is 1. The van der Waals surface area contributed by atoms with Gasteiger partial charge in [-0.05, 0) is 0 Å². The number of aliphatic hydroxyl groups excluding tert-OH is 1. The summed E-state index contributed by atoms with van der Waals surface area (Å²) in [5.74, 6) is -1.66. The standard InChI is InChI=1S/C6H7NO4/c1-10-5(8)4(3-7)6(9)11-2/h8H,1-2H3/b5-4-. The lowest BCUT2D eigenvalue weighted by atomic mass is 10.3. The van der Waals surface area contributed by atoms with E-state index in [0.717, 1.165) is 14.2 Å². The molecule has 60 valence electrons. The van der Waals surface area contributed by atoms with E-state index in [9.17, 15) is 4.79 Å². The molecule has 0 unspecified atom stereocenters. The van der Waals surface area contributed by atoms with Gasteiger partial charge in [-0.2, -0.15) is 5.26 Å². The van der Waals surface area contributed by atoms with Crippen LogP contribution in [0.15, 0.2) is 11.5 Å². The van der Waals surface area contributed by atoms with Gasteiger partial charge in [0.2, 0.25) is 5.57 Å². The normalized spacial score (nSPS) is 11.0. The lowest BCUT2D eigenvalue weighted by Crippen LogP contribution is -2.07. The Hall–Kier alpha value is -1.70. The van der Waals surface area contributed by atoms with Gasteiger partial charge >= 0.3 is 11.9 Å². The first-order valence-corrected chi connectivity index (χ1v) is 2.63. The van der Waals surface area contributed by atoms with Crippen LogP contribution in [0.1, 0.15) is 0 Å². The minimum absolute atomic E-state index is 0.546. The SMILES string of the molecule is COC(=O)/C(C#N)=C(/O)OC. The molecule has 0 amide bonds. The van der Waals surface area contributed by atoms with Crippen molar-refractivity contribution in [3.05, 3.63) is 11.5 Å². The summed E-state index contributed by atoms with van der Waals surface area (Å²) in [5.41, 5.74) is -0.546. The molecule has 0 radical (unpaired) electrons. The molecule has 11 heavy (non-hydrogen) atoms. The summed E-state index contributed by atoms with van der Waals surface area (Å²) in [5, 5.41) is 17.0. The number of ether oxygens (including phenoxy) is 2. The molecule has 0 spiro atoms. The Labute approximate surface area is 63.4 Å². The lowest BCUT2D eigenvalue weighted by Gasteiger charge is -1.98. The summed E-state index contributed by atoms with van der Waals surface area (Å²) in [6.07, 6.45) is 0. The highest BCUT2D eigenvalue weighted by Crippen LogP contribution is 2.02. The average Bonchev–Trinajstić information content (AvgIpc) is 2.05. The molecular weight excluding hydrogens is 150 g/mol. The average molecular weight is 157 g/mol. The smallest absolute Gasteiger partial charge is 0.356 e. The van der Waals surface area contributed by atoms with Gasteiger partial charge in [0.1, 0.15) is 6.07 Å². The van der Waals surface area contributed by atoms with Crippen molar-refractivity contribution in [1.29, 1.82) is 5.26 Å². The van der Waals surface area contributed by atoms with Gasteiger partial charge in [-0.15, -0.1) is 0 Å². The predicted molar refractivity (Wildman–Crippen MR) is 34.3 cm³/mol. The fourth-order valence-corrected chi connectivity index (χ4v) is 0.385. The first-order chi connectivity index (χ1) is 5.17. The molecule has 1 N–H and O–H groups in total. The van der Waals surface area contributed by atoms with Crippen molar-refractivity contribution in [1.82, 2.24) is 0 Å². The first-order valence-electron chi connectivity index (χ1n) is 2.63. The van der Waals surface area contributed by atoms with Gasteiger partial charge in [-0.25, -0.2) is 4.79 Å². The number of hydrogen-bond donors (Lipinski definition) is 1. The second-order valence-electron chi connectivity index (χ2n) is 1.49. The monoisotopic (exact) mass is 157 g/mol. The van der Waals surface area contributed by atoms with E-state index in [1.807, 2.05) is 0 Å². The molecule has 5 heteroatoms. The van der Waals surface area contributed by atoms with Crippen LogP contribution >= 0.6 is 0 Å². The Morgan fingerprint density at radius 3 is 2.27 bits per heavy atom. The Morgan fingerprint density at radius 1 is 1.45 bits per heavy atom. The topological polar surface area (TPSA) is 79.6 Å². The predicted octanol–water partition coefficient (Wildman–Crippen LogP) is 0.0990. The molecule has 0 aromatic heterocycles. The number of hydrogen-bond acceptors (Lipinski definition) is 5. The molecule has 0 aromatic rings. The molecule has 0 atom stereocenters. The zero-order valence-electron chi connectivity index (χ0n) is 6.12. The van der Waals surface area contributed by atoms with Gasteiger partial charge in [0.25, 0.3) is 0 Å². The fourth-order valence-electron chi connectivity index (χ4n) is 0.385. The van der Waals surface area contributed by atoms with Crippen molar-refractivity contribution in [3.63, 3.8) is 0 Å². The third kappa shape index (κ3) is 2.18. The van der Waals surface area contributed by atoms with E-state index < -0.39 is 17.5 Å². The molecule has 0 aromatic carbocycles. The van der Waals surface area contributed by atoms with Crippen molar-refractivity contribution in [3.8, 4) is 6.07 Å². The molecule has 0 heterocycles. The second-order valence-corrected chi connectivity index (χ2v) is 1.49. The van der Waals surface area contributed by atoms with Crippen LogP contribution in [-0.2, 0) is 14.3 Å². The van der Waals surface area contributed by atoms with Crippen LogP contribution < -0.4 is 0 Å². The third-order valence-electron chi connectivity index (χ3n) is 0.909. The summed E-state index contributed by atoms with van der Waals surface area (Å²) in [7, 11) is 2.23. The van der Waals surface area contributed by atoms with Crippen molar-refractivity contribution in [2.24, 2.45) is 0 Å². The minimum atomic E-state index is -0.924. The fraction of sp³-hybridized carbons (Fsp3) is 0.333. The highest BCUT2D eigenvalue weighted by atomic mass is 16.6. The largest absolute Gasteiger partial charge is 0.480 e. The van der Waals surface area contributed by atoms with Gasteiger partial charge in [0.05, 0.1) is 14.2 Å². The zero-order chi connectivity index (χ0) is 8.85. The van der Waals surface area contributed by atoms with Crippen LogP contribution in [0, 0.1) is 11.3 Å². The van der Waals surface area contributed by atoms with Gasteiger partial charge in [-0.1, -0.05) is 0 Å².